The second-order valence-corrected chi connectivity index (χ2v) is 7.52. The highest BCUT2D eigenvalue weighted by Crippen LogP contribution is 2.36. The van der Waals surface area contributed by atoms with Gasteiger partial charge in [0.2, 0.25) is 0 Å². The minimum Gasteiger partial charge on any atom is -0.377 e. The van der Waals surface area contributed by atoms with E-state index in [1.165, 1.54) is 18.4 Å². The molecule has 2 aromatic rings. The SMILES string of the molecule is COCc1nc(C2CC(N)C2)cc(N(C)Cc2noc3c2CCCC3)n1.Cl.Cl. The van der Waals surface area contributed by atoms with E-state index in [-0.39, 0.29) is 24.8 Å². The van der Waals surface area contributed by atoms with Crippen molar-refractivity contribution in [1.82, 2.24) is 15.1 Å². The Morgan fingerprint density at radius 2 is 1.96 bits per heavy atom. The number of halogens is 2. The molecule has 2 aliphatic carbocycles. The molecule has 0 amide bonds. The van der Waals surface area contributed by atoms with Gasteiger partial charge in [0.05, 0.1) is 6.54 Å². The molecule has 1 fully saturated rings. The third kappa shape index (κ3) is 4.76. The van der Waals surface area contributed by atoms with Crippen LogP contribution >= 0.6 is 24.8 Å². The predicted octanol–water partition coefficient (Wildman–Crippen LogP) is 3.17. The van der Waals surface area contributed by atoms with Crippen LogP contribution in [-0.4, -0.2) is 35.3 Å². The van der Waals surface area contributed by atoms with Crippen LogP contribution in [0.4, 0.5) is 5.82 Å². The molecule has 2 aromatic heterocycles. The summed E-state index contributed by atoms with van der Waals surface area (Å²) in [6, 6.07) is 2.38. The zero-order valence-corrected chi connectivity index (χ0v) is 18.0. The first-order chi connectivity index (χ1) is 12.6. The summed E-state index contributed by atoms with van der Waals surface area (Å²) in [5.41, 5.74) is 9.35. The van der Waals surface area contributed by atoms with Crippen LogP contribution in [-0.2, 0) is 30.7 Å². The maximum absolute atomic E-state index is 5.96. The standard InChI is InChI=1S/C19H27N5O2.2ClH/c1-24(10-16-14-5-3-4-6-17(14)26-23-16)19-9-15(12-7-13(20)8-12)21-18(22-19)11-25-2;;/h9,12-13H,3-8,10-11,20H2,1-2H3;2*1H. The van der Waals surface area contributed by atoms with Gasteiger partial charge in [-0.3, -0.25) is 0 Å². The number of fused-ring (bicyclic) bond motifs is 1. The van der Waals surface area contributed by atoms with Gasteiger partial charge in [0.15, 0.2) is 5.82 Å². The van der Waals surface area contributed by atoms with E-state index >= 15 is 0 Å². The van der Waals surface area contributed by atoms with E-state index in [0.717, 1.165) is 54.5 Å². The fourth-order valence-electron chi connectivity index (χ4n) is 3.88. The Labute approximate surface area is 178 Å². The largest absolute Gasteiger partial charge is 0.377 e. The van der Waals surface area contributed by atoms with Crippen molar-refractivity contribution in [2.45, 2.75) is 63.6 Å². The summed E-state index contributed by atoms with van der Waals surface area (Å²) < 4.78 is 10.8. The molecule has 9 heteroatoms. The number of methoxy groups -OCH3 is 1. The lowest BCUT2D eigenvalue weighted by Gasteiger charge is -2.32. The second kappa shape index (κ2) is 9.87. The summed E-state index contributed by atoms with van der Waals surface area (Å²) in [6.07, 6.45) is 6.45. The van der Waals surface area contributed by atoms with Gasteiger partial charge in [-0.25, -0.2) is 9.97 Å². The monoisotopic (exact) mass is 429 g/mol. The van der Waals surface area contributed by atoms with Crippen molar-refractivity contribution in [3.63, 3.8) is 0 Å². The Morgan fingerprint density at radius 3 is 2.68 bits per heavy atom. The third-order valence-corrected chi connectivity index (χ3v) is 5.45. The first-order valence-corrected chi connectivity index (χ1v) is 9.44. The van der Waals surface area contributed by atoms with Gasteiger partial charge in [-0.15, -0.1) is 24.8 Å². The minimum absolute atomic E-state index is 0. The Bertz CT molecular complexity index is 780. The van der Waals surface area contributed by atoms with Crippen molar-refractivity contribution in [3.8, 4) is 0 Å². The summed E-state index contributed by atoms with van der Waals surface area (Å²) in [7, 11) is 3.71. The molecule has 1 saturated carbocycles. The van der Waals surface area contributed by atoms with Crippen molar-refractivity contribution in [1.29, 1.82) is 0 Å². The number of nitrogens with two attached hydrogens (primary N) is 1. The van der Waals surface area contributed by atoms with Crippen molar-refractivity contribution in [2.75, 3.05) is 19.1 Å². The van der Waals surface area contributed by atoms with Gasteiger partial charge in [0.25, 0.3) is 0 Å². The Morgan fingerprint density at radius 1 is 1.21 bits per heavy atom. The van der Waals surface area contributed by atoms with E-state index in [1.54, 1.807) is 7.11 Å². The molecule has 2 aliphatic rings. The molecule has 156 valence electrons. The fourth-order valence-corrected chi connectivity index (χ4v) is 3.88. The first-order valence-electron chi connectivity index (χ1n) is 9.44. The van der Waals surface area contributed by atoms with Crippen molar-refractivity contribution < 1.29 is 9.26 Å². The molecule has 0 saturated heterocycles. The molecule has 28 heavy (non-hydrogen) atoms. The number of rotatable bonds is 6. The van der Waals surface area contributed by atoms with E-state index in [9.17, 15) is 0 Å². The molecule has 0 radical (unpaired) electrons. The topological polar surface area (TPSA) is 90.3 Å². The zero-order valence-electron chi connectivity index (χ0n) is 16.4. The smallest absolute Gasteiger partial charge is 0.156 e. The number of ether oxygens (including phenoxy) is 1. The van der Waals surface area contributed by atoms with Gasteiger partial charge in [0, 0.05) is 49.9 Å². The van der Waals surface area contributed by atoms with Crippen LogP contribution in [0.5, 0.6) is 0 Å². The predicted molar refractivity (Wildman–Crippen MR) is 112 cm³/mol. The molecule has 0 aliphatic heterocycles. The second-order valence-electron chi connectivity index (χ2n) is 7.52. The molecule has 0 spiro atoms. The van der Waals surface area contributed by atoms with Gasteiger partial charge in [-0.05, 0) is 32.1 Å². The lowest BCUT2D eigenvalue weighted by atomic mass is 9.78. The fraction of sp³-hybridized carbons (Fsp3) is 0.632. The summed E-state index contributed by atoms with van der Waals surface area (Å²) in [4.78, 5) is 11.5. The molecule has 7 nitrogen and oxygen atoms in total. The van der Waals surface area contributed by atoms with E-state index in [2.05, 4.69) is 26.1 Å². The lowest BCUT2D eigenvalue weighted by molar-refractivity contribution is 0.177. The molecule has 0 unspecified atom stereocenters. The molecule has 0 bridgehead atoms. The van der Waals surface area contributed by atoms with Gasteiger partial charge < -0.3 is 19.9 Å². The Kier molecular flexibility index (Phi) is 8.07. The zero-order chi connectivity index (χ0) is 18.1. The molecular formula is C19H29Cl2N5O2. The number of anilines is 1. The van der Waals surface area contributed by atoms with Crippen LogP contribution in [0.2, 0.25) is 0 Å². The van der Waals surface area contributed by atoms with Gasteiger partial charge in [-0.2, -0.15) is 0 Å². The van der Waals surface area contributed by atoms with E-state index in [0.29, 0.717) is 25.1 Å². The molecule has 0 aromatic carbocycles. The number of nitrogens with zero attached hydrogens (tertiary/aromatic N) is 4. The highest BCUT2D eigenvalue weighted by Gasteiger charge is 2.29. The summed E-state index contributed by atoms with van der Waals surface area (Å²) >= 11 is 0. The summed E-state index contributed by atoms with van der Waals surface area (Å²) in [5, 5.41) is 4.32. The van der Waals surface area contributed by atoms with Crippen LogP contribution in [0.25, 0.3) is 0 Å². The normalized spacial score (nSPS) is 20.4. The number of hydrogen-bond acceptors (Lipinski definition) is 7. The maximum Gasteiger partial charge on any atom is 0.156 e. The molecule has 0 atom stereocenters. The van der Waals surface area contributed by atoms with Crippen molar-refractivity contribution in [3.05, 3.63) is 34.6 Å². The number of hydrogen-bond donors (Lipinski definition) is 1. The first kappa shape index (κ1) is 22.9. The highest BCUT2D eigenvalue weighted by molar-refractivity contribution is 5.85. The van der Waals surface area contributed by atoms with Crippen LogP contribution in [0.1, 0.15) is 60.1 Å². The van der Waals surface area contributed by atoms with Gasteiger partial charge >= 0.3 is 0 Å². The number of aryl methyl sites for hydroxylation is 1. The van der Waals surface area contributed by atoms with Crippen molar-refractivity contribution >= 4 is 30.6 Å². The Hall–Kier alpha value is -1.41. The van der Waals surface area contributed by atoms with Crippen LogP contribution in [0.15, 0.2) is 10.6 Å². The van der Waals surface area contributed by atoms with Crippen molar-refractivity contribution in [2.24, 2.45) is 5.73 Å². The highest BCUT2D eigenvalue weighted by atomic mass is 35.5. The van der Waals surface area contributed by atoms with Crippen LogP contribution < -0.4 is 10.6 Å². The molecule has 4 rings (SSSR count). The van der Waals surface area contributed by atoms with Crippen LogP contribution in [0, 0.1) is 0 Å². The summed E-state index contributed by atoms with van der Waals surface area (Å²) in [5.74, 6) is 3.10. The number of aromatic nitrogens is 3. The molecule has 2 N–H and O–H groups in total. The average molecular weight is 430 g/mol. The van der Waals surface area contributed by atoms with Crippen LogP contribution in [0.3, 0.4) is 0 Å². The summed E-state index contributed by atoms with van der Waals surface area (Å²) in [6.45, 7) is 1.10. The van der Waals surface area contributed by atoms with Gasteiger partial charge in [-0.1, -0.05) is 5.16 Å². The van der Waals surface area contributed by atoms with E-state index in [4.69, 9.17) is 15.0 Å². The Balaban J connectivity index is 0.00000140. The maximum atomic E-state index is 5.96. The average Bonchev–Trinajstić information content (AvgIpc) is 3.02. The molecule has 2 heterocycles. The molecular weight excluding hydrogens is 401 g/mol. The van der Waals surface area contributed by atoms with Gasteiger partial charge in [0.1, 0.15) is 23.9 Å². The third-order valence-electron chi connectivity index (χ3n) is 5.45. The lowest BCUT2D eigenvalue weighted by Crippen LogP contribution is -2.35. The van der Waals surface area contributed by atoms with E-state index in [1.807, 2.05) is 7.05 Å². The minimum atomic E-state index is 0. The van der Waals surface area contributed by atoms with E-state index < -0.39 is 0 Å². The quantitative estimate of drug-likeness (QED) is 0.753.